The third-order valence-electron chi connectivity index (χ3n) is 5.67. The first-order valence-corrected chi connectivity index (χ1v) is 10.5. The summed E-state index contributed by atoms with van der Waals surface area (Å²) >= 11 is 1.63. The Morgan fingerprint density at radius 1 is 1.21 bits per heavy atom. The van der Waals surface area contributed by atoms with Crippen molar-refractivity contribution in [2.75, 3.05) is 11.4 Å². The smallest absolute Gasteiger partial charge is 0.339 e. The summed E-state index contributed by atoms with van der Waals surface area (Å²) in [5.74, 6) is -0.604. The number of hydrogen-bond donors (Lipinski definition) is 0. The van der Waals surface area contributed by atoms with Crippen LogP contribution < -0.4 is 4.90 Å². The minimum atomic E-state index is -1.20. The van der Waals surface area contributed by atoms with Crippen molar-refractivity contribution in [3.05, 3.63) is 69.5 Å². The molecule has 5 rings (SSSR count). The number of hydrogen-bond acceptors (Lipinski definition) is 5. The average molecular weight is 404 g/mol. The molecule has 3 aromatic rings. The third kappa shape index (κ3) is 2.95. The molecule has 0 saturated carbocycles. The molecule has 146 valence electrons. The Hall–Kier alpha value is -2.99. The molecule has 0 unspecified atom stereocenters. The quantitative estimate of drug-likeness (QED) is 0.601. The number of amides is 1. The van der Waals surface area contributed by atoms with E-state index >= 15 is 0 Å². The molecular formula is C23H20N2O3S. The van der Waals surface area contributed by atoms with E-state index in [1.807, 2.05) is 37.3 Å². The number of aryl methyl sites for hydroxylation is 1. The van der Waals surface area contributed by atoms with E-state index in [2.05, 4.69) is 16.4 Å². The highest BCUT2D eigenvalue weighted by molar-refractivity contribution is 7.09. The third-order valence-corrected chi connectivity index (χ3v) is 6.44. The number of carbonyl (C=O) groups is 2. The van der Waals surface area contributed by atoms with Crippen molar-refractivity contribution in [3.63, 3.8) is 0 Å². The van der Waals surface area contributed by atoms with Crippen molar-refractivity contribution in [1.82, 2.24) is 4.98 Å². The van der Waals surface area contributed by atoms with E-state index < -0.39 is 11.6 Å². The number of anilines is 1. The van der Waals surface area contributed by atoms with Gasteiger partial charge in [-0.05, 0) is 49.6 Å². The highest BCUT2D eigenvalue weighted by atomic mass is 32.1. The number of rotatable bonds is 2. The van der Waals surface area contributed by atoms with Gasteiger partial charge in [0.2, 0.25) is 0 Å². The largest absolute Gasteiger partial charge is 0.445 e. The Kier molecular flexibility index (Phi) is 4.06. The van der Waals surface area contributed by atoms with Gasteiger partial charge in [0.05, 0.1) is 16.3 Å². The van der Waals surface area contributed by atoms with Crippen LogP contribution in [0.2, 0.25) is 0 Å². The molecule has 0 fully saturated rings. The zero-order chi connectivity index (χ0) is 20.2. The van der Waals surface area contributed by atoms with Crippen LogP contribution in [0.15, 0.2) is 47.8 Å². The van der Waals surface area contributed by atoms with Crippen molar-refractivity contribution < 1.29 is 14.3 Å². The van der Waals surface area contributed by atoms with Gasteiger partial charge < -0.3 is 9.64 Å². The fourth-order valence-corrected chi connectivity index (χ4v) is 4.83. The SMILES string of the molecule is Cc1nc(-c2ccc3c(c2)CCN3C(=O)[C@@]2(C)Cc3ccccc3C(=O)O2)cs1. The molecule has 3 heterocycles. The molecule has 2 aliphatic heterocycles. The molecule has 0 aliphatic carbocycles. The molecule has 5 nitrogen and oxygen atoms in total. The van der Waals surface area contributed by atoms with Crippen molar-refractivity contribution in [2.24, 2.45) is 0 Å². The molecule has 2 aliphatic rings. The Bertz CT molecular complexity index is 1150. The average Bonchev–Trinajstić information content (AvgIpc) is 3.33. The fourth-order valence-electron chi connectivity index (χ4n) is 4.21. The second-order valence-electron chi connectivity index (χ2n) is 7.76. The number of fused-ring (bicyclic) bond motifs is 2. The van der Waals surface area contributed by atoms with E-state index in [1.54, 1.807) is 29.2 Å². The van der Waals surface area contributed by atoms with Gasteiger partial charge in [-0.1, -0.05) is 24.3 Å². The number of esters is 1. The van der Waals surface area contributed by atoms with Crippen LogP contribution in [0.4, 0.5) is 5.69 Å². The van der Waals surface area contributed by atoms with Crippen LogP contribution in [0.3, 0.4) is 0 Å². The topological polar surface area (TPSA) is 59.5 Å². The van der Waals surface area contributed by atoms with Crippen LogP contribution in [0.5, 0.6) is 0 Å². The molecule has 1 atom stereocenters. The molecule has 0 spiro atoms. The summed E-state index contributed by atoms with van der Waals surface area (Å²) in [6, 6.07) is 13.4. The van der Waals surface area contributed by atoms with Crippen LogP contribution in [-0.2, 0) is 22.4 Å². The second kappa shape index (κ2) is 6.52. The molecule has 6 heteroatoms. The summed E-state index contributed by atoms with van der Waals surface area (Å²) in [5.41, 5.74) is 4.24. The van der Waals surface area contributed by atoms with E-state index in [0.717, 1.165) is 39.5 Å². The Morgan fingerprint density at radius 3 is 2.83 bits per heavy atom. The lowest BCUT2D eigenvalue weighted by Crippen LogP contribution is -2.53. The number of benzene rings is 2. The van der Waals surface area contributed by atoms with Crippen molar-refractivity contribution in [1.29, 1.82) is 0 Å². The van der Waals surface area contributed by atoms with Crippen LogP contribution in [0, 0.1) is 6.92 Å². The molecule has 0 radical (unpaired) electrons. The minimum Gasteiger partial charge on any atom is -0.445 e. The second-order valence-corrected chi connectivity index (χ2v) is 8.82. The van der Waals surface area contributed by atoms with Gasteiger partial charge >= 0.3 is 5.97 Å². The summed E-state index contributed by atoms with van der Waals surface area (Å²) in [4.78, 5) is 32.2. The molecule has 29 heavy (non-hydrogen) atoms. The summed E-state index contributed by atoms with van der Waals surface area (Å²) in [7, 11) is 0. The number of thiazole rings is 1. The lowest BCUT2D eigenvalue weighted by atomic mass is 9.89. The Balaban J connectivity index is 1.45. The summed E-state index contributed by atoms with van der Waals surface area (Å²) < 4.78 is 5.65. The van der Waals surface area contributed by atoms with Gasteiger partial charge in [0, 0.05) is 29.6 Å². The van der Waals surface area contributed by atoms with E-state index in [-0.39, 0.29) is 5.91 Å². The molecule has 2 aromatic carbocycles. The maximum atomic E-state index is 13.4. The maximum Gasteiger partial charge on any atom is 0.339 e. The summed E-state index contributed by atoms with van der Waals surface area (Å²) in [6.45, 7) is 4.29. The van der Waals surface area contributed by atoms with Gasteiger partial charge in [0.25, 0.3) is 5.91 Å². The first kappa shape index (κ1) is 18.1. The van der Waals surface area contributed by atoms with Crippen LogP contribution >= 0.6 is 11.3 Å². The van der Waals surface area contributed by atoms with Crippen LogP contribution in [-0.4, -0.2) is 29.0 Å². The standard InChI is InChI=1S/C23H20N2O3S/c1-14-24-19(13-29-14)15-7-8-20-16(11-15)9-10-25(20)22(27)23(2)12-17-5-3-4-6-18(17)21(26)28-23/h3-8,11,13H,9-10,12H2,1-2H3/t23-/m1/s1. The molecule has 0 saturated heterocycles. The van der Waals surface area contributed by atoms with Gasteiger partial charge in [-0.3, -0.25) is 4.79 Å². The Labute approximate surface area is 173 Å². The van der Waals surface area contributed by atoms with E-state index in [0.29, 0.717) is 18.5 Å². The minimum absolute atomic E-state index is 0.170. The van der Waals surface area contributed by atoms with Gasteiger partial charge in [0.15, 0.2) is 5.60 Å². The zero-order valence-corrected chi connectivity index (χ0v) is 17.1. The summed E-state index contributed by atoms with van der Waals surface area (Å²) in [6.07, 6.45) is 1.16. The first-order chi connectivity index (χ1) is 13.9. The molecule has 0 N–H and O–H groups in total. The highest BCUT2D eigenvalue weighted by Crippen LogP contribution is 2.36. The number of cyclic esters (lactones) is 1. The summed E-state index contributed by atoms with van der Waals surface area (Å²) in [5, 5.41) is 3.08. The van der Waals surface area contributed by atoms with Crippen molar-refractivity contribution in [2.45, 2.75) is 32.3 Å². The monoisotopic (exact) mass is 404 g/mol. The van der Waals surface area contributed by atoms with Gasteiger partial charge in [-0.2, -0.15) is 0 Å². The predicted molar refractivity (Wildman–Crippen MR) is 112 cm³/mol. The van der Waals surface area contributed by atoms with E-state index in [4.69, 9.17) is 4.74 Å². The molecular weight excluding hydrogens is 384 g/mol. The normalized spacial score (nSPS) is 20.2. The molecule has 1 aromatic heterocycles. The van der Waals surface area contributed by atoms with E-state index in [1.165, 1.54) is 0 Å². The number of aromatic nitrogens is 1. The van der Waals surface area contributed by atoms with E-state index in [9.17, 15) is 9.59 Å². The lowest BCUT2D eigenvalue weighted by molar-refractivity contribution is -0.136. The predicted octanol–water partition coefficient (Wildman–Crippen LogP) is 4.18. The van der Waals surface area contributed by atoms with Crippen LogP contribution in [0.25, 0.3) is 11.3 Å². The van der Waals surface area contributed by atoms with Crippen LogP contribution in [0.1, 0.15) is 33.4 Å². The van der Waals surface area contributed by atoms with Crippen molar-refractivity contribution in [3.8, 4) is 11.3 Å². The number of carbonyl (C=O) groups excluding carboxylic acids is 2. The van der Waals surface area contributed by atoms with Crippen molar-refractivity contribution >= 4 is 28.9 Å². The maximum absolute atomic E-state index is 13.4. The zero-order valence-electron chi connectivity index (χ0n) is 16.3. The first-order valence-electron chi connectivity index (χ1n) is 9.63. The van der Waals surface area contributed by atoms with Gasteiger partial charge in [-0.25, -0.2) is 9.78 Å². The fraction of sp³-hybridized carbons (Fsp3) is 0.261. The molecule has 1 amide bonds. The number of nitrogens with zero attached hydrogens (tertiary/aromatic N) is 2. The number of ether oxygens (including phenoxy) is 1. The lowest BCUT2D eigenvalue weighted by Gasteiger charge is -2.36. The molecule has 0 bridgehead atoms. The Morgan fingerprint density at radius 2 is 2.03 bits per heavy atom. The van der Waals surface area contributed by atoms with Gasteiger partial charge in [-0.15, -0.1) is 11.3 Å². The highest BCUT2D eigenvalue weighted by Gasteiger charge is 2.46. The van der Waals surface area contributed by atoms with Gasteiger partial charge in [0.1, 0.15) is 0 Å².